The van der Waals surface area contributed by atoms with Crippen LogP contribution >= 0.6 is 0 Å². The Morgan fingerprint density at radius 2 is 1.69 bits per heavy atom. The molecule has 140 valence electrons. The number of methoxy groups -OCH3 is 1. The Morgan fingerprint density at radius 3 is 2.38 bits per heavy atom. The van der Waals surface area contributed by atoms with Crippen LogP contribution in [0.2, 0.25) is 0 Å². The van der Waals surface area contributed by atoms with Crippen molar-refractivity contribution in [3.8, 4) is 5.75 Å². The molecule has 0 heterocycles. The number of hydrogen-bond acceptors (Lipinski definition) is 3. The molecular weight excluding hydrogens is 346 g/mol. The Hall–Kier alpha value is -1.85. The third-order valence-electron chi connectivity index (χ3n) is 5.40. The van der Waals surface area contributed by atoms with Gasteiger partial charge in [-0.1, -0.05) is 18.2 Å². The van der Waals surface area contributed by atoms with Crippen molar-refractivity contribution in [1.82, 2.24) is 4.72 Å². The van der Waals surface area contributed by atoms with E-state index < -0.39 is 10.0 Å². The van der Waals surface area contributed by atoms with Crippen molar-refractivity contribution in [3.05, 3.63) is 58.1 Å². The molecule has 0 amide bonds. The monoisotopic (exact) mass is 373 g/mol. The Bertz CT molecular complexity index is 919. The van der Waals surface area contributed by atoms with Crippen LogP contribution in [0.25, 0.3) is 0 Å². The number of sulfonamides is 1. The second-order valence-electron chi connectivity index (χ2n) is 7.09. The number of nitrogens with one attached hydrogen (secondary N) is 1. The standard InChI is InChI=1S/C21H27NO3S/c1-14-15(2)21(12-11-20(14)25-4)26(23,24)22-16(3)18-10-9-17-7-5-6-8-19(17)13-18/h9-13,16,22H,5-8H2,1-4H3/t16-/m1/s1. The highest BCUT2D eigenvalue weighted by molar-refractivity contribution is 7.89. The highest BCUT2D eigenvalue weighted by Crippen LogP contribution is 2.29. The zero-order valence-electron chi connectivity index (χ0n) is 15.9. The summed E-state index contributed by atoms with van der Waals surface area (Å²) in [6, 6.07) is 9.40. The van der Waals surface area contributed by atoms with Crippen LogP contribution in [0.3, 0.4) is 0 Å². The van der Waals surface area contributed by atoms with Gasteiger partial charge in [0.15, 0.2) is 0 Å². The molecule has 1 aliphatic rings. The molecule has 4 nitrogen and oxygen atoms in total. The number of hydrogen-bond donors (Lipinski definition) is 1. The first-order valence-electron chi connectivity index (χ1n) is 9.11. The minimum Gasteiger partial charge on any atom is -0.496 e. The molecule has 0 fully saturated rings. The highest BCUT2D eigenvalue weighted by atomic mass is 32.2. The van der Waals surface area contributed by atoms with Crippen molar-refractivity contribution in [2.24, 2.45) is 0 Å². The minimum absolute atomic E-state index is 0.283. The zero-order chi connectivity index (χ0) is 18.9. The number of rotatable bonds is 5. The van der Waals surface area contributed by atoms with E-state index >= 15 is 0 Å². The molecule has 3 rings (SSSR count). The summed E-state index contributed by atoms with van der Waals surface area (Å²) in [5.74, 6) is 0.698. The van der Waals surface area contributed by atoms with Crippen molar-refractivity contribution in [2.45, 2.75) is 57.4 Å². The summed E-state index contributed by atoms with van der Waals surface area (Å²) < 4.78 is 34.0. The van der Waals surface area contributed by atoms with E-state index in [0.717, 1.165) is 29.5 Å². The van der Waals surface area contributed by atoms with Gasteiger partial charge in [-0.25, -0.2) is 13.1 Å². The molecule has 0 unspecified atom stereocenters. The SMILES string of the molecule is COc1ccc(S(=O)(=O)N[C@H](C)c2ccc3c(c2)CCCC3)c(C)c1C. The molecule has 1 N–H and O–H groups in total. The molecule has 0 aromatic heterocycles. The zero-order valence-corrected chi connectivity index (χ0v) is 16.7. The first-order valence-corrected chi connectivity index (χ1v) is 10.6. The maximum absolute atomic E-state index is 12.9. The van der Waals surface area contributed by atoms with E-state index in [1.54, 1.807) is 19.2 Å². The summed E-state index contributed by atoms with van der Waals surface area (Å²) in [6.07, 6.45) is 4.66. The maximum atomic E-state index is 12.9. The number of fused-ring (bicyclic) bond motifs is 1. The third-order valence-corrected chi connectivity index (χ3v) is 7.09. The second kappa shape index (κ2) is 7.41. The van der Waals surface area contributed by atoms with Crippen LogP contribution in [-0.4, -0.2) is 15.5 Å². The number of ether oxygens (including phenoxy) is 1. The molecule has 0 saturated heterocycles. The summed E-state index contributed by atoms with van der Waals surface area (Å²) in [5, 5.41) is 0. The van der Waals surface area contributed by atoms with E-state index in [-0.39, 0.29) is 6.04 Å². The second-order valence-corrected chi connectivity index (χ2v) is 8.78. The molecule has 5 heteroatoms. The normalized spacial score (nSPS) is 15.4. The highest BCUT2D eigenvalue weighted by Gasteiger charge is 2.23. The van der Waals surface area contributed by atoms with Crippen LogP contribution in [0.4, 0.5) is 0 Å². The Kier molecular flexibility index (Phi) is 5.39. The predicted molar refractivity (Wildman–Crippen MR) is 104 cm³/mol. The van der Waals surface area contributed by atoms with Crippen LogP contribution in [0.1, 0.15) is 53.6 Å². The van der Waals surface area contributed by atoms with Crippen LogP contribution < -0.4 is 9.46 Å². The Morgan fingerprint density at radius 1 is 1.00 bits per heavy atom. The van der Waals surface area contributed by atoms with E-state index in [1.807, 2.05) is 26.8 Å². The van der Waals surface area contributed by atoms with Crippen molar-refractivity contribution in [2.75, 3.05) is 7.11 Å². The van der Waals surface area contributed by atoms with E-state index in [9.17, 15) is 8.42 Å². The summed E-state index contributed by atoms with van der Waals surface area (Å²) in [7, 11) is -2.02. The summed E-state index contributed by atoms with van der Waals surface area (Å²) >= 11 is 0. The number of benzene rings is 2. The van der Waals surface area contributed by atoms with Crippen LogP contribution in [0.15, 0.2) is 35.2 Å². The van der Waals surface area contributed by atoms with Crippen LogP contribution in [0, 0.1) is 13.8 Å². The van der Waals surface area contributed by atoms with Gasteiger partial charge in [-0.3, -0.25) is 0 Å². The van der Waals surface area contributed by atoms with Gasteiger partial charge in [0.1, 0.15) is 5.75 Å². The van der Waals surface area contributed by atoms with Gasteiger partial charge in [0.05, 0.1) is 12.0 Å². The lowest BCUT2D eigenvalue weighted by Crippen LogP contribution is -2.28. The van der Waals surface area contributed by atoms with Crippen LogP contribution in [-0.2, 0) is 22.9 Å². The van der Waals surface area contributed by atoms with Crippen molar-refractivity contribution in [3.63, 3.8) is 0 Å². The molecule has 0 aliphatic heterocycles. The molecule has 0 radical (unpaired) electrons. The molecule has 1 aliphatic carbocycles. The van der Waals surface area contributed by atoms with Crippen LogP contribution in [0.5, 0.6) is 5.75 Å². The fraction of sp³-hybridized carbons (Fsp3) is 0.429. The molecule has 1 atom stereocenters. The fourth-order valence-electron chi connectivity index (χ4n) is 3.67. The topological polar surface area (TPSA) is 55.4 Å². The first-order chi connectivity index (χ1) is 12.3. The van der Waals surface area contributed by atoms with Crippen molar-refractivity contribution in [1.29, 1.82) is 0 Å². The Labute approximate surface area is 156 Å². The lowest BCUT2D eigenvalue weighted by molar-refractivity contribution is 0.410. The molecule has 0 spiro atoms. The summed E-state index contributed by atoms with van der Waals surface area (Å²) in [6.45, 7) is 5.59. The average Bonchev–Trinajstić information content (AvgIpc) is 2.62. The van der Waals surface area contributed by atoms with Gasteiger partial charge < -0.3 is 4.74 Å². The van der Waals surface area contributed by atoms with Crippen molar-refractivity contribution >= 4 is 10.0 Å². The van der Waals surface area contributed by atoms with Gasteiger partial charge >= 0.3 is 0 Å². The first kappa shape index (κ1) is 18.9. The predicted octanol–water partition coefficient (Wildman–Crippen LogP) is 4.23. The Balaban J connectivity index is 1.87. The van der Waals surface area contributed by atoms with E-state index in [4.69, 9.17) is 4.74 Å². The maximum Gasteiger partial charge on any atom is 0.241 e. The number of aryl methyl sites for hydroxylation is 2. The molecule has 0 saturated carbocycles. The minimum atomic E-state index is -3.61. The summed E-state index contributed by atoms with van der Waals surface area (Å²) in [4.78, 5) is 0.306. The van der Waals surface area contributed by atoms with Gasteiger partial charge in [-0.15, -0.1) is 0 Å². The van der Waals surface area contributed by atoms with E-state index in [2.05, 4.69) is 16.9 Å². The van der Waals surface area contributed by atoms with Gasteiger partial charge in [0.2, 0.25) is 10.0 Å². The lowest BCUT2D eigenvalue weighted by atomic mass is 9.89. The molecule has 2 aromatic carbocycles. The fourth-order valence-corrected chi connectivity index (χ4v) is 5.20. The quantitative estimate of drug-likeness (QED) is 0.853. The van der Waals surface area contributed by atoms with Crippen molar-refractivity contribution < 1.29 is 13.2 Å². The molecule has 0 bridgehead atoms. The van der Waals surface area contributed by atoms with Gasteiger partial charge in [-0.2, -0.15) is 0 Å². The smallest absolute Gasteiger partial charge is 0.241 e. The molecule has 26 heavy (non-hydrogen) atoms. The molecular formula is C21H27NO3S. The lowest BCUT2D eigenvalue weighted by Gasteiger charge is -2.21. The van der Waals surface area contributed by atoms with Gasteiger partial charge in [0.25, 0.3) is 0 Å². The van der Waals surface area contributed by atoms with Gasteiger partial charge in [-0.05, 0) is 86.4 Å². The van der Waals surface area contributed by atoms with E-state index in [0.29, 0.717) is 10.6 Å². The average molecular weight is 374 g/mol. The van der Waals surface area contributed by atoms with E-state index in [1.165, 1.54) is 24.0 Å². The largest absolute Gasteiger partial charge is 0.496 e. The van der Waals surface area contributed by atoms with Gasteiger partial charge in [0, 0.05) is 6.04 Å². The summed E-state index contributed by atoms with van der Waals surface area (Å²) in [5.41, 5.74) is 5.33. The molecule has 2 aromatic rings. The third kappa shape index (κ3) is 3.64.